The normalized spacial score (nSPS) is 21.1. The molecule has 4 atom stereocenters. The van der Waals surface area contributed by atoms with Crippen LogP contribution in [0.2, 0.25) is 0 Å². The zero-order valence-corrected chi connectivity index (χ0v) is 30.9. The number of aromatic nitrogens is 2. The van der Waals surface area contributed by atoms with Gasteiger partial charge in [0, 0.05) is 26.2 Å². The van der Waals surface area contributed by atoms with Gasteiger partial charge in [0.05, 0.1) is 32.3 Å². The maximum Gasteiger partial charge on any atom is 0.351 e. The Kier molecular flexibility index (Phi) is 11.4. The molecule has 0 radical (unpaired) electrons. The van der Waals surface area contributed by atoms with Crippen molar-refractivity contribution >= 4 is 39.0 Å². The maximum atomic E-state index is 13.3. The number of carbonyl (C=O) groups is 1. The molecule has 2 fully saturated rings. The van der Waals surface area contributed by atoms with Crippen LogP contribution in [0.1, 0.15) is 29.8 Å². The number of hydrogen-bond acceptors (Lipinski definition) is 12. The van der Waals surface area contributed by atoms with Gasteiger partial charge < -0.3 is 39.0 Å². The number of methoxy groups -OCH3 is 2. The molecule has 0 aliphatic carbocycles. The highest BCUT2D eigenvalue weighted by Crippen LogP contribution is 2.43. The molecular weight excluding hydrogens is 725 g/mol. The van der Waals surface area contributed by atoms with Gasteiger partial charge in [-0.05, 0) is 59.2 Å². The van der Waals surface area contributed by atoms with Crippen molar-refractivity contribution in [3.05, 3.63) is 118 Å². The molecular formula is C37H40N4O10S2. The molecule has 1 unspecified atom stereocenters. The van der Waals surface area contributed by atoms with E-state index in [4.69, 9.17) is 35.9 Å². The SMILES string of the molecule is COc1ccc(C(OC[C@H]2O[C@@H](n3ccc(NC(C)=O)nc3=O)[C@@H](OC(=S)N3CCS(=O)(=O)CC3)C2O)(c2ccccc2)c2ccc(OC)cc2)cc1. The van der Waals surface area contributed by atoms with Crippen molar-refractivity contribution in [3.63, 3.8) is 0 Å². The van der Waals surface area contributed by atoms with Crippen molar-refractivity contribution < 1.29 is 42.0 Å². The summed E-state index contributed by atoms with van der Waals surface area (Å²) >= 11 is 5.58. The molecule has 53 heavy (non-hydrogen) atoms. The van der Waals surface area contributed by atoms with Crippen molar-refractivity contribution in [2.24, 2.45) is 0 Å². The highest BCUT2D eigenvalue weighted by atomic mass is 32.2. The molecule has 1 aromatic heterocycles. The molecule has 2 N–H and O–H groups in total. The maximum absolute atomic E-state index is 13.3. The lowest BCUT2D eigenvalue weighted by molar-refractivity contribution is -0.114. The number of sulfone groups is 1. The van der Waals surface area contributed by atoms with Crippen molar-refractivity contribution in [1.82, 2.24) is 14.5 Å². The number of rotatable bonds is 11. The molecule has 0 bridgehead atoms. The van der Waals surface area contributed by atoms with Crippen LogP contribution in [0.25, 0.3) is 0 Å². The quantitative estimate of drug-likeness (QED) is 0.169. The number of anilines is 1. The van der Waals surface area contributed by atoms with Crippen LogP contribution in [-0.2, 0) is 34.4 Å². The molecule has 6 rings (SSSR count). The van der Waals surface area contributed by atoms with Crippen molar-refractivity contribution in [2.45, 2.75) is 37.1 Å². The fourth-order valence-corrected chi connectivity index (χ4v) is 7.93. The van der Waals surface area contributed by atoms with Crippen molar-refractivity contribution in [3.8, 4) is 11.5 Å². The number of ether oxygens (including phenoxy) is 5. The summed E-state index contributed by atoms with van der Waals surface area (Å²) in [6, 6.07) is 25.9. The summed E-state index contributed by atoms with van der Waals surface area (Å²) < 4.78 is 55.7. The van der Waals surface area contributed by atoms with E-state index < -0.39 is 51.6 Å². The van der Waals surface area contributed by atoms with Gasteiger partial charge in [-0.3, -0.25) is 9.36 Å². The average Bonchev–Trinajstić information content (AvgIpc) is 3.46. The molecule has 0 saturated carbocycles. The first-order chi connectivity index (χ1) is 25.4. The van der Waals surface area contributed by atoms with Crippen LogP contribution in [0.4, 0.5) is 5.82 Å². The molecule has 2 saturated heterocycles. The molecule has 1 amide bonds. The van der Waals surface area contributed by atoms with E-state index in [0.717, 1.165) is 21.3 Å². The lowest BCUT2D eigenvalue weighted by Gasteiger charge is -2.37. The first-order valence-corrected chi connectivity index (χ1v) is 19.0. The van der Waals surface area contributed by atoms with Crippen LogP contribution in [0.5, 0.6) is 11.5 Å². The Morgan fingerprint density at radius 2 is 1.51 bits per heavy atom. The smallest absolute Gasteiger partial charge is 0.351 e. The second kappa shape index (κ2) is 16.0. The predicted octanol–water partition coefficient (Wildman–Crippen LogP) is 2.89. The number of carbonyl (C=O) groups excluding carboxylic acids is 1. The molecule has 3 aromatic carbocycles. The second-order valence-corrected chi connectivity index (χ2v) is 15.2. The van der Waals surface area contributed by atoms with Gasteiger partial charge in [-0.15, -0.1) is 0 Å². The predicted molar refractivity (Wildman–Crippen MR) is 199 cm³/mol. The zero-order valence-electron chi connectivity index (χ0n) is 29.3. The molecule has 3 heterocycles. The summed E-state index contributed by atoms with van der Waals surface area (Å²) in [5.41, 5.74) is 0.254. The Labute approximate surface area is 312 Å². The zero-order chi connectivity index (χ0) is 37.8. The lowest BCUT2D eigenvalue weighted by atomic mass is 9.80. The molecule has 280 valence electrons. The minimum atomic E-state index is -3.21. The number of thiocarbonyl (C=S) groups is 1. The topological polar surface area (TPSA) is 168 Å². The van der Waals surface area contributed by atoms with Gasteiger partial charge in [0.15, 0.2) is 22.2 Å². The fourth-order valence-electron chi connectivity index (χ4n) is 6.43. The van der Waals surface area contributed by atoms with Crippen LogP contribution in [-0.4, -0.2) is 103 Å². The van der Waals surface area contributed by atoms with E-state index in [9.17, 15) is 23.1 Å². The van der Waals surface area contributed by atoms with Crippen molar-refractivity contribution in [2.75, 3.05) is 50.7 Å². The van der Waals surface area contributed by atoms with E-state index in [1.165, 1.54) is 19.2 Å². The van der Waals surface area contributed by atoms with Gasteiger partial charge in [0.2, 0.25) is 5.91 Å². The van der Waals surface area contributed by atoms with Crippen LogP contribution >= 0.6 is 12.2 Å². The third-order valence-electron chi connectivity index (χ3n) is 9.20. The molecule has 0 spiro atoms. The third kappa shape index (κ3) is 8.21. The van der Waals surface area contributed by atoms with Crippen LogP contribution in [0, 0.1) is 0 Å². The number of aliphatic hydroxyl groups is 1. The van der Waals surface area contributed by atoms with Crippen LogP contribution < -0.4 is 20.5 Å². The van der Waals surface area contributed by atoms with Gasteiger partial charge in [-0.25, -0.2) is 13.2 Å². The van der Waals surface area contributed by atoms with Crippen LogP contribution in [0.15, 0.2) is 95.9 Å². The largest absolute Gasteiger partial charge is 0.497 e. The van der Waals surface area contributed by atoms with E-state index in [1.54, 1.807) is 19.1 Å². The molecule has 2 aliphatic rings. The number of aliphatic hydroxyl groups excluding tert-OH is 1. The van der Waals surface area contributed by atoms with E-state index in [2.05, 4.69) is 10.3 Å². The molecule has 16 heteroatoms. The highest BCUT2D eigenvalue weighted by Gasteiger charge is 2.49. The Morgan fingerprint density at radius 3 is 2.04 bits per heavy atom. The number of nitrogens with one attached hydrogen (secondary N) is 1. The fraction of sp³-hybridized carbons (Fsp3) is 0.351. The average molecular weight is 765 g/mol. The van der Waals surface area contributed by atoms with E-state index in [1.807, 2.05) is 78.9 Å². The van der Waals surface area contributed by atoms with Gasteiger partial charge in [-0.1, -0.05) is 54.6 Å². The monoisotopic (exact) mass is 764 g/mol. The molecule has 4 aromatic rings. The van der Waals surface area contributed by atoms with Gasteiger partial charge >= 0.3 is 5.69 Å². The minimum Gasteiger partial charge on any atom is -0.497 e. The van der Waals surface area contributed by atoms with Crippen LogP contribution in [0.3, 0.4) is 0 Å². The number of amides is 1. The summed E-state index contributed by atoms with van der Waals surface area (Å²) in [4.78, 5) is 30.5. The summed E-state index contributed by atoms with van der Waals surface area (Å²) in [7, 11) is -0.0443. The summed E-state index contributed by atoms with van der Waals surface area (Å²) in [6.07, 6.45) is -3.58. The van der Waals surface area contributed by atoms with E-state index in [-0.39, 0.29) is 42.2 Å². The standard InChI is InChI=1S/C37H40N4O10S2/c1-24(42)38-31-17-18-41(35(44)39-31)34-33(51-36(52)40-19-21-53(45,46)22-20-40)32(43)30(50-34)23-49-37(25-7-5-4-6-8-25,26-9-13-28(47-2)14-10-26)27-11-15-29(48-3)16-12-27/h4-18,30,32-34,43H,19-23H2,1-3H3,(H,38,39,42,44)/t30-,32?,33+,34-/m1/s1. The van der Waals surface area contributed by atoms with Gasteiger partial charge in [0.1, 0.15) is 35.1 Å². The Bertz CT molecular complexity index is 2020. The van der Waals surface area contributed by atoms with Crippen molar-refractivity contribution in [1.29, 1.82) is 0 Å². The number of benzene rings is 3. The molecule has 2 aliphatic heterocycles. The Hall–Kier alpha value is -4.87. The van der Waals surface area contributed by atoms with E-state index in [0.29, 0.717) is 11.5 Å². The van der Waals surface area contributed by atoms with E-state index >= 15 is 0 Å². The Morgan fingerprint density at radius 1 is 0.943 bits per heavy atom. The minimum absolute atomic E-state index is 0.0336. The third-order valence-corrected chi connectivity index (χ3v) is 11.2. The second-order valence-electron chi connectivity index (χ2n) is 12.5. The number of nitrogens with zero attached hydrogens (tertiary/aromatic N) is 3. The first kappa shape index (κ1) is 37.9. The molecule has 14 nitrogen and oxygen atoms in total. The number of hydrogen-bond donors (Lipinski definition) is 2. The highest BCUT2D eigenvalue weighted by molar-refractivity contribution is 7.91. The first-order valence-electron chi connectivity index (χ1n) is 16.8. The summed E-state index contributed by atoms with van der Waals surface area (Å²) in [6.45, 7) is 1.31. The summed E-state index contributed by atoms with van der Waals surface area (Å²) in [5.74, 6) is 0.706. The Balaban J connectivity index is 1.37. The van der Waals surface area contributed by atoms with Gasteiger partial charge in [-0.2, -0.15) is 4.98 Å². The lowest BCUT2D eigenvalue weighted by Crippen LogP contribution is -2.47. The summed E-state index contributed by atoms with van der Waals surface area (Å²) in [5, 5.41) is 14.3. The van der Waals surface area contributed by atoms with Gasteiger partial charge in [0.25, 0.3) is 5.17 Å².